The van der Waals surface area contributed by atoms with Crippen molar-refractivity contribution in [2.75, 3.05) is 38.5 Å². The average molecular weight is 423 g/mol. The first-order valence-electron chi connectivity index (χ1n) is 8.67. The number of esters is 1. The van der Waals surface area contributed by atoms with Crippen molar-refractivity contribution >= 4 is 40.9 Å². The highest BCUT2D eigenvalue weighted by Crippen LogP contribution is 2.18. The molecular weight excluding hydrogens is 403 g/mol. The van der Waals surface area contributed by atoms with Gasteiger partial charge in [0.1, 0.15) is 5.82 Å². The fraction of sp³-hybridized carbons (Fsp3) is 0.316. The topological polar surface area (TPSA) is 66.9 Å². The number of thioether (sulfide) groups is 1. The van der Waals surface area contributed by atoms with E-state index in [0.717, 1.165) is 4.90 Å². The molecule has 2 heterocycles. The molecule has 1 aromatic heterocycles. The molecule has 0 spiro atoms. The van der Waals surface area contributed by atoms with Crippen molar-refractivity contribution in [2.45, 2.75) is 4.90 Å². The summed E-state index contributed by atoms with van der Waals surface area (Å²) >= 11 is 2.61. The summed E-state index contributed by atoms with van der Waals surface area (Å²) in [4.78, 5) is 41.1. The fourth-order valence-corrected chi connectivity index (χ4v) is 4.05. The summed E-state index contributed by atoms with van der Waals surface area (Å²) in [5.74, 6) is -1.10. The van der Waals surface area contributed by atoms with Crippen LogP contribution in [-0.2, 0) is 14.3 Å². The fourth-order valence-electron chi connectivity index (χ4n) is 2.66. The molecule has 28 heavy (non-hydrogen) atoms. The normalized spacial score (nSPS) is 14.0. The molecule has 148 valence electrons. The molecule has 2 aromatic rings. The number of benzene rings is 1. The van der Waals surface area contributed by atoms with E-state index in [2.05, 4.69) is 0 Å². The zero-order chi connectivity index (χ0) is 19.9. The van der Waals surface area contributed by atoms with Gasteiger partial charge in [0.25, 0.3) is 11.8 Å². The van der Waals surface area contributed by atoms with Gasteiger partial charge in [0.15, 0.2) is 6.61 Å². The van der Waals surface area contributed by atoms with E-state index in [1.165, 1.54) is 35.2 Å². The molecule has 1 saturated heterocycles. The lowest BCUT2D eigenvalue weighted by Crippen LogP contribution is -2.51. The van der Waals surface area contributed by atoms with Gasteiger partial charge in [-0.2, -0.15) is 0 Å². The van der Waals surface area contributed by atoms with Crippen molar-refractivity contribution < 1.29 is 23.5 Å². The molecule has 3 rings (SSSR count). The maximum absolute atomic E-state index is 12.8. The van der Waals surface area contributed by atoms with E-state index in [9.17, 15) is 18.8 Å². The summed E-state index contributed by atoms with van der Waals surface area (Å²) in [6, 6.07) is 9.42. The molecule has 1 aliphatic rings. The summed E-state index contributed by atoms with van der Waals surface area (Å²) in [5.41, 5.74) is 0. The van der Waals surface area contributed by atoms with Crippen LogP contribution in [-0.4, -0.2) is 66.1 Å². The standard InChI is InChI=1S/C19H19FN2O4S2/c20-14-3-5-15(6-4-14)28-13-18(24)26-12-17(23)21-7-9-22(10-8-21)19(25)16-2-1-11-27-16/h1-6,11H,7-10,12-13H2. The highest BCUT2D eigenvalue weighted by Gasteiger charge is 2.25. The number of hydrogen-bond acceptors (Lipinski definition) is 6. The van der Waals surface area contributed by atoms with Crippen molar-refractivity contribution in [1.82, 2.24) is 9.80 Å². The molecule has 9 heteroatoms. The van der Waals surface area contributed by atoms with Crippen LogP contribution in [0.25, 0.3) is 0 Å². The Morgan fingerprint density at radius 1 is 1.04 bits per heavy atom. The minimum Gasteiger partial charge on any atom is -0.455 e. The van der Waals surface area contributed by atoms with Gasteiger partial charge in [-0.3, -0.25) is 14.4 Å². The SMILES string of the molecule is O=C(CSc1ccc(F)cc1)OCC(=O)N1CCN(C(=O)c2cccs2)CC1. The van der Waals surface area contributed by atoms with Gasteiger partial charge in [0.05, 0.1) is 10.6 Å². The Kier molecular flexibility index (Phi) is 7.05. The molecule has 1 aromatic carbocycles. The van der Waals surface area contributed by atoms with E-state index in [0.29, 0.717) is 31.1 Å². The number of amides is 2. The molecule has 0 N–H and O–H groups in total. The van der Waals surface area contributed by atoms with Gasteiger partial charge in [-0.15, -0.1) is 23.1 Å². The van der Waals surface area contributed by atoms with E-state index in [1.54, 1.807) is 28.0 Å². The Labute approximate surface area is 170 Å². The summed E-state index contributed by atoms with van der Waals surface area (Å²) in [6.07, 6.45) is 0. The van der Waals surface area contributed by atoms with Crippen LogP contribution in [0, 0.1) is 5.82 Å². The van der Waals surface area contributed by atoms with Crippen LogP contribution in [0.15, 0.2) is 46.7 Å². The van der Waals surface area contributed by atoms with E-state index < -0.39 is 5.97 Å². The number of thiophene rings is 1. The number of carbonyl (C=O) groups excluding carboxylic acids is 3. The smallest absolute Gasteiger partial charge is 0.316 e. The van der Waals surface area contributed by atoms with Crippen molar-refractivity contribution in [2.24, 2.45) is 0 Å². The van der Waals surface area contributed by atoms with E-state index in [4.69, 9.17) is 4.74 Å². The molecule has 0 aliphatic carbocycles. The molecule has 6 nitrogen and oxygen atoms in total. The van der Waals surface area contributed by atoms with Gasteiger partial charge in [0.2, 0.25) is 0 Å². The van der Waals surface area contributed by atoms with Crippen molar-refractivity contribution in [3.8, 4) is 0 Å². The molecule has 0 radical (unpaired) electrons. The van der Waals surface area contributed by atoms with Crippen molar-refractivity contribution in [3.05, 3.63) is 52.5 Å². The first-order chi connectivity index (χ1) is 13.5. The number of ether oxygens (including phenoxy) is 1. The summed E-state index contributed by atoms with van der Waals surface area (Å²) in [5, 5.41) is 1.86. The van der Waals surface area contributed by atoms with Gasteiger partial charge in [0, 0.05) is 31.1 Å². The second-order valence-electron chi connectivity index (χ2n) is 6.05. The van der Waals surface area contributed by atoms with E-state index in [-0.39, 0.29) is 30.0 Å². The van der Waals surface area contributed by atoms with Gasteiger partial charge >= 0.3 is 5.97 Å². The summed E-state index contributed by atoms with van der Waals surface area (Å²) < 4.78 is 17.9. The monoisotopic (exact) mass is 422 g/mol. The third kappa shape index (κ3) is 5.56. The van der Waals surface area contributed by atoms with Gasteiger partial charge < -0.3 is 14.5 Å². The molecule has 0 bridgehead atoms. The van der Waals surface area contributed by atoms with E-state index in [1.807, 2.05) is 11.4 Å². The van der Waals surface area contributed by atoms with Crippen LogP contribution in [0.5, 0.6) is 0 Å². The first-order valence-corrected chi connectivity index (χ1v) is 10.5. The number of halogens is 1. The number of rotatable bonds is 6. The van der Waals surface area contributed by atoms with Gasteiger partial charge in [-0.1, -0.05) is 6.07 Å². The van der Waals surface area contributed by atoms with E-state index >= 15 is 0 Å². The maximum atomic E-state index is 12.8. The van der Waals surface area contributed by atoms with Crippen molar-refractivity contribution in [1.29, 1.82) is 0 Å². The van der Waals surface area contributed by atoms with Crippen LogP contribution in [0.1, 0.15) is 9.67 Å². The van der Waals surface area contributed by atoms with Crippen LogP contribution in [0.3, 0.4) is 0 Å². The minimum atomic E-state index is -0.505. The molecule has 2 amide bonds. The lowest BCUT2D eigenvalue weighted by Gasteiger charge is -2.34. The largest absolute Gasteiger partial charge is 0.455 e. The number of hydrogen-bond donors (Lipinski definition) is 0. The highest BCUT2D eigenvalue weighted by molar-refractivity contribution is 8.00. The maximum Gasteiger partial charge on any atom is 0.316 e. The van der Waals surface area contributed by atoms with Crippen molar-refractivity contribution in [3.63, 3.8) is 0 Å². The molecule has 1 aliphatic heterocycles. The Bertz CT molecular complexity index is 819. The number of piperazine rings is 1. The Balaban J connectivity index is 1.36. The Hall–Kier alpha value is -2.39. The second-order valence-corrected chi connectivity index (χ2v) is 8.05. The quantitative estimate of drug-likeness (QED) is 0.529. The zero-order valence-electron chi connectivity index (χ0n) is 15.0. The molecule has 0 saturated carbocycles. The highest BCUT2D eigenvalue weighted by atomic mass is 32.2. The number of carbonyl (C=O) groups is 3. The lowest BCUT2D eigenvalue weighted by molar-refractivity contribution is -0.150. The Morgan fingerprint density at radius 2 is 1.71 bits per heavy atom. The molecule has 1 fully saturated rings. The predicted octanol–water partition coefficient (Wildman–Crippen LogP) is 2.51. The van der Waals surface area contributed by atoms with Gasteiger partial charge in [-0.05, 0) is 35.7 Å². The molecular formula is C19H19FN2O4S2. The third-order valence-corrected chi connectivity index (χ3v) is 6.02. The summed E-state index contributed by atoms with van der Waals surface area (Å²) in [7, 11) is 0. The van der Waals surface area contributed by atoms with Gasteiger partial charge in [-0.25, -0.2) is 4.39 Å². The van der Waals surface area contributed by atoms with Crippen LogP contribution in [0.4, 0.5) is 4.39 Å². The average Bonchev–Trinajstić information content (AvgIpc) is 3.26. The first kappa shape index (κ1) is 20.3. The minimum absolute atomic E-state index is 0.0219. The molecule has 0 atom stereocenters. The third-order valence-electron chi connectivity index (χ3n) is 4.18. The summed E-state index contributed by atoms with van der Waals surface area (Å²) in [6.45, 7) is 1.42. The second kappa shape index (κ2) is 9.70. The van der Waals surface area contributed by atoms with Crippen LogP contribution < -0.4 is 0 Å². The lowest BCUT2D eigenvalue weighted by atomic mass is 10.3. The predicted molar refractivity (Wildman–Crippen MR) is 105 cm³/mol. The van der Waals surface area contributed by atoms with Crippen LogP contribution in [0.2, 0.25) is 0 Å². The molecule has 0 unspecified atom stereocenters. The Morgan fingerprint density at radius 3 is 2.36 bits per heavy atom. The zero-order valence-corrected chi connectivity index (χ0v) is 16.6. The number of nitrogens with zero attached hydrogens (tertiary/aromatic N) is 2. The van der Waals surface area contributed by atoms with Crippen LogP contribution >= 0.6 is 23.1 Å².